The lowest BCUT2D eigenvalue weighted by Gasteiger charge is -2.41. The molecule has 5 nitrogen and oxygen atoms in total. The van der Waals surface area contributed by atoms with Crippen LogP contribution in [0.1, 0.15) is 31.7 Å². The van der Waals surface area contributed by atoms with Gasteiger partial charge in [-0.15, -0.1) is 11.8 Å². The fourth-order valence-corrected chi connectivity index (χ4v) is 3.90. The molecule has 0 amide bonds. The maximum atomic E-state index is 12.1. The number of aliphatic hydroxyl groups is 1. The highest BCUT2D eigenvalue weighted by molar-refractivity contribution is 8.00. The van der Waals surface area contributed by atoms with E-state index in [0.717, 1.165) is 32.5 Å². The molecule has 0 aliphatic carbocycles. The monoisotopic (exact) mass is 352 g/mol. The lowest BCUT2D eigenvalue weighted by Crippen LogP contribution is -2.47. The summed E-state index contributed by atoms with van der Waals surface area (Å²) in [4.78, 5) is 14.0. The molecule has 0 bridgehead atoms. The van der Waals surface area contributed by atoms with E-state index in [0.29, 0.717) is 12.2 Å². The van der Waals surface area contributed by atoms with Gasteiger partial charge in [-0.2, -0.15) is 0 Å². The average Bonchev–Trinajstić information content (AvgIpc) is 2.62. The number of likely N-dealkylation sites (tertiary alicyclic amines) is 1. The zero-order valence-electron chi connectivity index (χ0n) is 14.3. The number of hydrogen-bond acceptors (Lipinski definition) is 6. The second-order valence-corrected chi connectivity index (χ2v) is 7.62. The number of nitrogens with zero attached hydrogens (tertiary/aromatic N) is 1. The van der Waals surface area contributed by atoms with Crippen LogP contribution in [0.3, 0.4) is 0 Å². The highest BCUT2D eigenvalue weighted by Gasteiger charge is 2.39. The van der Waals surface area contributed by atoms with Crippen molar-refractivity contribution in [1.82, 2.24) is 4.90 Å². The smallest absolute Gasteiger partial charge is 0.324 e. The Labute approximate surface area is 148 Å². The predicted molar refractivity (Wildman–Crippen MR) is 97.6 cm³/mol. The quantitative estimate of drug-likeness (QED) is 0.550. The Bertz CT molecular complexity index is 504. The van der Waals surface area contributed by atoms with Crippen LogP contribution in [0.5, 0.6) is 0 Å². The third kappa shape index (κ3) is 5.48. The Kier molecular flexibility index (Phi) is 7.55. The van der Waals surface area contributed by atoms with Crippen LogP contribution in [0.4, 0.5) is 0 Å². The summed E-state index contributed by atoms with van der Waals surface area (Å²) in [5, 5.41) is 9.15. The molecule has 3 N–H and O–H groups in total. The van der Waals surface area contributed by atoms with E-state index in [4.69, 9.17) is 15.6 Å². The molecule has 0 aromatic heterocycles. The minimum atomic E-state index is -0.570. The van der Waals surface area contributed by atoms with Gasteiger partial charge in [-0.3, -0.25) is 9.69 Å². The fourth-order valence-electron chi connectivity index (χ4n) is 2.83. The maximum absolute atomic E-state index is 12.1. The van der Waals surface area contributed by atoms with Crippen LogP contribution in [-0.4, -0.2) is 52.4 Å². The van der Waals surface area contributed by atoms with E-state index in [1.165, 1.54) is 17.3 Å². The molecule has 6 heteroatoms. The Morgan fingerprint density at radius 3 is 2.62 bits per heavy atom. The molecule has 1 aromatic rings. The van der Waals surface area contributed by atoms with Crippen molar-refractivity contribution in [3.63, 3.8) is 0 Å². The van der Waals surface area contributed by atoms with Gasteiger partial charge in [-0.1, -0.05) is 37.3 Å². The normalized spacial score (nSPS) is 19.0. The van der Waals surface area contributed by atoms with E-state index in [9.17, 15) is 4.79 Å². The van der Waals surface area contributed by atoms with Crippen LogP contribution in [0.2, 0.25) is 0 Å². The minimum absolute atomic E-state index is 0.0809. The number of thioether (sulfide) groups is 1. The van der Waals surface area contributed by atoms with Crippen molar-refractivity contribution in [2.45, 2.75) is 43.7 Å². The summed E-state index contributed by atoms with van der Waals surface area (Å²) < 4.78 is 5.79. The van der Waals surface area contributed by atoms with Crippen LogP contribution in [0, 0.1) is 0 Å². The van der Waals surface area contributed by atoms with Crippen molar-refractivity contribution in [3.05, 3.63) is 35.9 Å². The summed E-state index contributed by atoms with van der Waals surface area (Å²) in [6.45, 7) is 4.59. The second kappa shape index (κ2) is 9.42. The molecule has 1 atom stereocenters. The van der Waals surface area contributed by atoms with Gasteiger partial charge in [0, 0.05) is 38.2 Å². The van der Waals surface area contributed by atoms with Gasteiger partial charge in [-0.05, 0) is 12.0 Å². The third-order valence-electron chi connectivity index (χ3n) is 4.35. The van der Waals surface area contributed by atoms with Crippen LogP contribution >= 0.6 is 11.8 Å². The molecule has 0 radical (unpaired) electrons. The van der Waals surface area contributed by atoms with Gasteiger partial charge in [0.05, 0.1) is 6.61 Å². The standard InChI is InChI=1S/C18H28N2O3S/c1-2-16(19)17(22)23-18(24-13-12-21)8-10-20(11-9-18)14-15-6-4-3-5-7-15/h3-7,16,21H,2,8-14,19H2,1H3. The zero-order chi connectivity index (χ0) is 17.4. The maximum Gasteiger partial charge on any atom is 0.324 e. The van der Waals surface area contributed by atoms with E-state index in [-0.39, 0.29) is 12.6 Å². The molecule has 1 aromatic carbocycles. The van der Waals surface area contributed by atoms with Crippen molar-refractivity contribution in [3.8, 4) is 0 Å². The van der Waals surface area contributed by atoms with Gasteiger partial charge in [0.1, 0.15) is 6.04 Å². The first kappa shape index (κ1) is 19.2. The van der Waals surface area contributed by atoms with Crippen LogP contribution < -0.4 is 5.73 Å². The number of carbonyl (C=O) groups excluding carboxylic acids is 1. The van der Waals surface area contributed by atoms with Gasteiger partial charge in [0.25, 0.3) is 0 Å². The molecule has 24 heavy (non-hydrogen) atoms. The average molecular weight is 353 g/mol. The number of hydrogen-bond donors (Lipinski definition) is 2. The summed E-state index contributed by atoms with van der Waals surface area (Å²) >= 11 is 1.53. The molecular weight excluding hydrogens is 324 g/mol. The van der Waals surface area contributed by atoms with Crippen molar-refractivity contribution < 1.29 is 14.6 Å². The van der Waals surface area contributed by atoms with Gasteiger partial charge in [0.15, 0.2) is 4.93 Å². The SMILES string of the molecule is CCC(N)C(=O)OC1(SCCO)CCN(Cc2ccccc2)CC1. The van der Waals surface area contributed by atoms with Gasteiger partial charge >= 0.3 is 5.97 Å². The Balaban J connectivity index is 1.94. The van der Waals surface area contributed by atoms with Crippen LogP contribution in [0.25, 0.3) is 0 Å². The molecule has 1 heterocycles. The van der Waals surface area contributed by atoms with E-state index in [1.54, 1.807) is 0 Å². The molecule has 1 saturated heterocycles. The van der Waals surface area contributed by atoms with Crippen molar-refractivity contribution in [1.29, 1.82) is 0 Å². The first-order valence-corrected chi connectivity index (χ1v) is 9.56. The van der Waals surface area contributed by atoms with Gasteiger partial charge in [-0.25, -0.2) is 0 Å². The lowest BCUT2D eigenvalue weighted by molar-refractivity contribution is -0.156. The van der Waals surface area contributed by atoms with E-state index in [2.05, 4.69) is 29.2 Å². The molecule has 0 spiro atoms. The first-order valence-electron chi connectivity index (χ1n) is 8.58. The molecule has 1 aliphatic rings. The molecule has 0 saturated carbocycles. The topological polar surface area (TPSA) is 75.8 Å². The Morgan fingerprint density at radius 2 is 2.04 bits per heavy atom. The number of benzene rings is 1. The predicted octanol–water partition coefficient (Wildman–Crippen LogP) is 1.98. The van der Waals surface area contributed by atoms with Crippen LogP contribution in [0.15, 0.2) is 30.3 Å². The van der Waals surface area contributed by atoms with E-state index in [1.807, 2.05) is 13.0 Å². The summed E-state index contributed by atoms with van der Waals surface area (Å²) in [5.41, 5.74) is 7.10. The largest absolute Gasteiger partial charge is 0.447 e. The van der Waals surface area contributed by atoms with Crippen molar-refractivity contribution in [2.75, 3.05) is 25.4 Å². The Hall–Kier alpha value is -1.08. The van der Waals surface area contributed by atoms with Crippen molar-refractivity contribution in [2.24, 2.45) is 5.73 Å². The third-order valence-corrected chi connectivity index (χ3v) is 5.76. The minimum Gasteiger partial charge on any atom is -0.447 e. The van der Waals surface area contributed by atoms with E-state index < -0.39 is 11.0 Å². The summed E-state index contributed by atoms with van der Waals surface area (Å²) in [7, 11) is 0. The lowest BCUT2D eigenvalue weighted by atomic mass is 10.1. The second-order valence-electron chi connectivity index (χ2n) is 6.18. The Morgan fingerprint density at radius 1 is 1.38 bits per heavy atom. The highest BCUT2D eigenvalue weighted by Crippen LogP contribution is 2.38. The van der Waals surface area contributed by atoms with Gasteiger partial charge in [0.2, 0.25) is 0 Å². The molecule has 1 unspecified atom stereocenters. The number of carbonyl (C=O) groups is 1. The highest BCUT2D eigenvalue weighted by atomic mass is 32.2. The summed E-state index contributed by atoms with van der Waals surface area (Å²) in [6, 6.07) is 9.81. The van der Waals surface area contributed by atoms with Crippen molar-refractivity contribution >= 4 is 17.7 Å². The molecule has 1 fully saturated rings. The molecule has 1 aliphatic heterocycles. The number of rotatable bonds is 8. The number of piperidine rings is 1. The summed E-state index contributed by atoms with van der Waals surface area (Å²) in [5.74, 6) is 0.229. The number of ether oxygens (including phenoxy) is 1. The molecular formula is C18H28N2O3S. The number of aliphatic hydroxyl groups excluding tert-OH is 1. The van der Waals surface area contributed by atoms with E-state index >= 15 is 0 Å². The fraction of sp³-hybridized carbons (Fsp3) is 0.611. The number of nitrogens with two attached hydrogens (primary N) is 1. The molecule has 134 valence electrons. The number of esters is 1. The van der Waals surface area contributed by atoms with Crippen LogP contribution in [-0.2, 0) is 16.1 Å². The zero-order valence-corrected chi connectivity index (χ0v) is 15.1. The van der Waals surface area contributed by atoms with Gasteiger partial charge < -0.3 is 15.6 Å². The molecule has 2 rings (SSSR count). The summed E-state index contributed by atoms with van der Waals surface area (Å²) in [6.07, 6.45) is 2.08. The first-order chi connectivity index (χ1) is 11.6.